The number of piperazine rings is 1. The number of rotatable bonds is 1. The number of nitrogens with one attached hydrogen (secondary N) is 1. The maximum Gasteiger partial charge on any atom is 0.254 e. The molecule has 1 aliphatic rings. The summed E-state index contributed by atoms with van der Waals surface area (Å²) >= 11 is 0. The molecule has 2 heterocycles. The van der Waals surface area contributed by atoms with E-state index in [0.29, 0.717) is 18.7 Å². The standard InChI is InChI=1S/C13H19N3O2.ClH/c1-9-7-16(8-10(2)14-9)13(18)11-4-5-15(3)12(17)6-11;/h4-6,9-10,14H,7-8H2,1-3H3;1H. The van der Waals surface area contributed by atoms with Crippen LogP contribution in [0.25, 0.3) is 0 Å². The molecule has 0 aromatic carbocycles. The Hall–Kier alpha value is -1.33. The van der Waals surface area contributed by atoms with Crippen LogP contribution in [0.4, 0.5) is 0 Å². The SMILES string of the molecule is CC1CN(C(=O)c2ccn(C)c(=O)c2)CC(C)N1.Cl. The molecule has 19 heavy (non-hydrogen) atoms. The highest BCUT2D eigenvalue weighted by Crippen LogP contribution is 2.09. The van der Waals surface area contributed by atoms with Gasteiger partial charge in [0.25, 0.3) is 11.5 Å². The van der Waals surface area contributed by atoms with Crippen molar-refractivity contribution in [3.8, 4) is 0 Å². The lowest BCUT2D eigenvalue weighted by molar-refractivity contribution is 0.0673. The predicted octanol–water partition coefficient (Wildman–Crippen LogP) is 0.629. The highest BCUT2D eigenvalue weighted by molar-refractivity contribution is 5.94. The van der Waals surface area contributed by atoms with Gasteiger partial charge in [-0.2, -0.15) is 0 Å². The molecule has 0 bridgehead atoms. The number of carbonyl (C=O) groups excluding carboxylic acids is 1. The minimum absolute atomic E-state index is 0. The monoisotopic (exact) mass is 285 g/mol. The summed E-state index contributed by atoms with van der Waals surface area (Å²) in [6, 6.07) is 3.66. The Kier molecular flexibility index (Phi) is 5.14. The molecule has 1 aromatic rings. The third-order valence-corrected chi connectivity index (χ3v) is 3.20. The number of carbonyl (C=O) groups is 1. The van der Waals surface area contributed by atoms with Crippen molar-refractivity contribution in [2.24, 2.45) is 7.05 Å². The van der Waals surface area contributed by atoms with Crippen LogP contribution in [0.5, 0.6) is 0 Å². The van der Waals surface area contributed by atoms with E-state index in [4.69, 9.17) is 0 Å². The summed E-state index contributed by atoms with van der Waals surface area (Å²) in [6.45, 7) is 5.47. The molecule has 0 aliphatic carbocycles. The fourth-order valence-electron chi connectivity index (χ4n) is 2.36. The predicted molar refractivity (Wildman–Crippen MR) is 76.9 cm³/mol. The minimum Gasteiger partial charge on any atom is -0.336 e. The average Bonchev–Trinajstić information content (AvgIpc) is 2.30. The van der Waals surface area contributed by atoms with E-state index in [1.54, 1.807) is 24.2 Å². The first-order valence-corrected chi connectivity index (χ1v) is 6.19. The van der Waals surface area contributed by atoms with Crippen LogP contribution in [0, 0.1) is 0 Å². The second kappa shape index (κ2) is 6.21. The molecule has 0 radical (unpaired) electrons. The third kappa shape index (κ3) is 3.58. The molecular weight excluding hydrogens is 266 g/mol. The number of nitrogens with zero attached hydrogens (tertiary/aromatic N) is 2. The largest absolute Gasteiger partial charge is 0.336 e. The lowest BCUT2D eigenvalue weighted by Gasteiger charge is -2.36. The van der Waals surface area contributed by atoms with Crippen LogP contribution in [0.1, 0.15) is 24.2 Å². The maximum absolute atomic E-state index is 12.3. The van der Waals surface area contributed by atoms with Gasteiger partial charge in [0.1, 0.15) is 0 Å². The quantitative estimate of drug-likeness (QED) is 0.823. The summed E-state index contributed by atoms with van der Waals surface area (Å²) < 4.78 is 1.46. The van der Waals surface area contributed by atoms with Crippen molar-refractivity contribution < 1.29 is 4.79 Å². The van der Waals surface area contributed by atoms with Gasteiger partial charge in [0.15, 0.2) is 0 Å². The molecule has 2 unspecified atom stereocenters. The molecule has 1 aliphatic heterocycles. The van der Waals surface area contributed by atoms with Crippen LogP contribution in [0.2, 0.25) is 0 Å². The Labute approximate surface area is 119 Å². The second-order valence-corrected chi connectivity index (χ2v) is 5.04. The van der Waals surface area contributed by atoms with Crippen molar-refractivity contribution in [1.29, 1.82) is 0 Å². The molecule has 2 rings (SSSR count). The molecular formula is C13H20ClN3O2. The van der Waals surface area contributed by atoms with Gasteiger partial charge in [0.05, 0.1) is 0 Å². The molecule has 1 N–H and O–H groups in total. The third-order valence-electron chi connectivity index (χ3n) is 3.20. The zero-order chi connectivity index (χ0) is 13.3. The Morgan fingerprint density at radius 1 is 1.32 bits per heavy atom. The maximum atomic E-state index is 12.3. The van der Waals surface area contributed by atoms with Crippen LogP contribution in [0.3, 0.4) is 0 Å². The smallest absolute Gasteiger partial charge is 0.254 e. The number of aromatic nitrogens is 1. The van der Waals surface area contributed by atoms with E-state index in [9.17, 15) is 9.59 Å². The van der Waals surface area contributed by atoms with Gasteiger partial charge in [0.2, 0.25) is 0 Å². The Morgan fingerprint density at radius 2 is 1.89 bits per heavy atom. The van der Waals surface area contributed by atoms with Crippen molar-refractivity contribution in [2.45, 2.75) is 25.9 Å². The fourth-order valence-corrected chi connectivity index (χ4v) is 2.36. The minimum atomic E-state index is -0.155. The van der Waals surface area contributed by atoms with Gasteiger partial charge in [-0.3, -0.25) is 9.59 Å². The van der Waals surface area contributed by atoms with E-state index in [1.165, 1.54) is 10.6 Å². The topological polar surface area (TPSA) is 54.3 Å². The summed E-state index contributed by atoms with van der Waals surface area (Å²) in [7, 11) is 1.67. The van der Waals surface area contributed by atoms with Gasteiger partial charge < -0.3 is 14.8 Å². The first-order valence-electron chi connectivity index (χ1n) is 6.19. The number of aryl methyl sites for hydroxylation is 1. The summed E-state index contributed by atoms with van der Waals surface area (Å²) in [4.78, 5) is 25.6. The summed E-state index contributed by atoms with van der Waals surface area (Å²) in [5.41, 5.74) is 0.316. The van der Waals surface area contributed by atoms with Crippen molar-refractivity contribution in [3.63, 3.8) is 0 Å². The molecule has 1 aromatic heterocycles. The Morgan fingerprint density at radius 3 is 2.42 bits per heavy atom. The summed E-state index contributed by atoms with van der Waals surface area (Å²) in [5, 5.41) is 3.38. The molecule has 1 saturated heterocycles. The molecule has 0 saturated carbocycles. The first kappa shape index (κ1) is 15.7. The van der Waals surface area contributed by atoms with E-state index in [0.717, 1.165) is 0 Å². The van der Waals surface area contributed by atoms with E-state index >= 15 is 0 Å². The summed E-state index contributed by atoms with van der Waals surface area (Å²) in [5.74, 6) is -0.0621. The number of pyridine rings is 1. The van der Waals surface area contributed by atoms with Crippen molar-refractivity contribution in [2.75, 3.05) is 13.1 Å². The molecule has 2 atom stereocenters. The van der Waals surface area contributed by atoms with Gasteiger partial charge in [-0.1, -0.05) is 0 Å². The fraction of sp³-hybridized carbons (Fsp3) is 0.538. The molecule has 6 heteroatoms. The normalized spacial score (nSPS) is 22.8. The number of hydrogen-bond donors (Lipinski definition) is 1. The lowest BCUT2D eigenvalue weighted by atomic mass is 10.1. The van der Waals surface area contributed by atoms with Crippen LogP contribution in [0.15, 0.2) is 23.1 Å². The van der Waals surface area contributed by atoms with Crippen LogP contribution >= 0.6 is 12.4 Å². The van der Waals surface area contributed by atoms with E-state index < -0.39 is 0 Å². The number of halogens is 1. The first-order chi connectivity index (χ1) is 8.47. The second-order valence-electron chi connectivity index (χ2n) is 5.04. The van der Waals surface area contributed by atoms with Gasteiger partial charge in [-0.25, -0.2) is 0 Å². The molecule has 1 fully saturated rings. The summed E-state index contributed by atoms with van der Waals surface area (Å²) in [6.07, 6.45) is 1.63. The van der Waals surface area contributed by atoms with Crippen LogP contribution in [-0.4, -0.2) is 40.5 Å². The molecule has 0 spiro atoms. The average molecular weight is 286 g/mol. The van der Waals surface area contributed by atoms with Gasteiger partial charge in [-0.05, 0) is 19.9 Å². The molecule has 106 valence electrons. The van der Waals surface area contributed by atoms with Gasteiger partial charge in [-0.15, -0.1) is 12.4 Å². The Balaban J connectivity index is 0.00000180. The zero-order valence-corrected chi connectivity index (χ0v) is 12.2. The van der Waals surface area contributed by atoms with Crippen LogP contribution < -0.4 is 10.9 Å². The molecule has 1 amide bonds. The van der Waals surface area contributed by atoms with Crippen molar-refractivity contribution >= 4 is 18.3 Å². The lowest BCUT2D eigenvalue weighted by Crippen LogP contribution is -2.55. The van der Waals surface area contributed by atoms with E-state index in [2.05, 4.69) is 19.2 Å². The van der Waals surface area contributed by atoms with Gasteiger partial charge >= 0.3 is 0 Å². The Bertz CT molecular complexity index is 505. The number of hydrogen-bond acceptors (Lipinski definition) is 3. The van der Waals surface area contributed by atoms with Crippen molar-refractivity contribution in [1.82, 2.24) is 14.8 Å². The van der Waals surface area contributed by atoms with Crippen LogP contribution in [-0.2, 0) is 7.05 Å². The van der Waals surface area contributed by atoms with E-state index in [1.807, 2.05) is 0 Å². The highest BCUT2D eigenvalue weighted by Gasteiger charge is 2.25. The van der Waals surface area contributed by atoms with E-state index in [-0.39, 0.29) is 36.0 Å². The zero-order valence-electron chi connectivity index (χ0n) is 11.4. The number of amides is 1. The molecule has 5 nitrogen and oxygen atoms in total. The van der Waals surface area contributed by atoms with Crippen molar-refractivity contribution in [3.05, 3.63) is 34.2 Å². The van der Waals surface area contributed by atoms with Gasteiger partial charge in [0, 0.05) is 50.0 Å². The highest BCUT2D eigenvalue weighted by atomic mass is 35.5.